The molecule has 2 aliphatic rings. The quantitative estimate of drug-likeness (QED) is 0.795. The topological polar surface area (TPSA) is 21.3 Å². The normalized spacial score (nSPS) is 26.2. The number of benzene rings is 1. The number of hydrogen-bond donors (Lipinski definition) is 1. The van der Waals surface area contributed by atoms with Crippen molar-refractivity contribution in [3.8, 4) is 5.75 Å². The van der Waals surface area contributed by atoms with Crippen molar-refractivity contribution in [3.05, 3.63) is 28.2 Å². The van der Waals surface area contributed by atoms with Crippen molar-refractivity contribution in [1.29, 1.82) is 0 Å². The molecule has 2 nitrogen and oxygen atoms in total. The Hall–Kier alpha value is -0.580. The van der Waals surface area contributed by atoms with Crippen molar-refractivity contribution < 1.29 is 13.5 Å². The van der Waals surface area contributed by atoms with Crippen LogP contribution in [0.15, 0.2) is 18.2 Å². The summed E-state index contributed by atoms with van der Waals surface area (Å²) in [7, 11) is 0. The molecule has 0 spiro atoms. The van der Waals surface area contributed by atoms with Crippen molar-refractivity contribution >= 4 is 23.2 Å². The van der Waals surface area contributed by atoms with Crippen LogP contribution < -0.4 is 10.1 Å². The van der Waals surface area contributed by atoms with Gasteiger partial charge < -0.3 is 10.1 Å². The van der Waals surface area contributed by atoms with Gasteiger partial charge in [-0.3, -0.25) is 0 Å². The number of halogens is 4. The molecule has 0 radical (unpaired) electrons. The van der Waals surface area contributed by atoms with E-state index >= 15 is 0 Å². The molecule has 1 heterocycles. The number of rotatable bonds is 4. The average molecular weight is 364 g/mol. The molecule has 0 amide bonds. The maximum absolute atomic E-state index is 13.5. The first-order chi connectivity index (χ1) is 10.9. The van der Waals surface area contributed by atoms with Gasteiger partial charge in [0.05, 0.1) is 0 Å². The lowest BCUT2D eigenvalue weighted by atomic mass is 9.78. The van der Waals surface area contributed by atoms with Crippen LogP contribution in [0.4, 0.5) is 8.78 Å². The summed E-state index contributed by atoms with van der Waals surface area (Å²) in [6.45, 7) is 1.82. The minimum absolute atomic E-state index is 0.0476. The van der Waals surface area contributed by atoms with Gasteiger partial charge in [-0.15, -0.1) is 0 Å². The van der Waals surface area contributed by atoms with Gasteiger partial charge in [0, 0.05) is 35.3 Å². The van der Waals surface area contributed by atoms with E-state index in [1.54, 1.807) is 18.2 Å². The molecule has 1 N–H and O–H groups in total. The number of ether oxygens (including phenoxy) is 1. The number of nitrogens with one attached hydrogen (secondary N) is 1. The van der Waals surface area contributed by atoms with Gasteiger partial charge in [-0.1, -0.05) is 23.2 Å². The summed E-state index contributed by atoms with van der Waals surface area (Å²) in [5.74, 6) is -1.41. The third kappa shape index (κ3) is 4.49. The number of alkyl halides is 2. The second-order valence-electron chi connectivity index (χ2n) is 6.63. The SMILES string of the molecule is FC1(F)CCC(C(Oc2cc(Cl)cc(Cl)c2)C2CCNC2)CC1. The lowest BCUT2D eigenvalue weighted by Gasteiger charge is -2.36. The van der Waals surface area contributed by atoms with Gasteiger partial charge in [-0.25, -0.2) is 8.78 Å². The van der Waals surface area contributed by atoms with Crippen LogP contribution in [0.2, 0.25) is 10.0 Å². The third-order valence-corrected chi connectivity index (χ3v) is 5.33. The standard InChI is InChI=1S/C17H21Cl2F2NO/c18-13-7-14(19)9-15(8-13)23-16(12-3-6-22-10-12)11-1-4-17(20,21)5-2-11/h7-9,11-12,16,22H,1-6,10H2. The van der Waals surface area contributed by atoms with Crippen molar-refractivity contribution in [2.24, 2.45) is 11.8 Å². The molecule has 6 heteroatoms. The van der Waals surface area contributed by atoms with E-state index in [1.165, 1.54) is 0 Å². The van der Waals surface area contributed by atoms with Crippen LogP contribution in [-0.2, 0) is 0 Å². The van der Waals surface area contributed by atoms with E-state index in [0.29, 0.717) is 34.6 Å². The lowest BCUT2D eigenvalue weighted by Crippen LogP contribution is -2.40. The summed E-state index contributed by atoms with van der Waals surface area (Å²) in [6, 6.07) is 5.13. The Morgan fingerprint density at radius 2 is 1.70 bits per heavy atom. The smallest absolute Gasteiger partial charge is 0.248 e. The average Bonchev–Trinajstić information content (AvgIpc) is 2.98. The van der Waals surface area contributed by atoms with E-state index in [-0.39, 0.29) is 24.9 Å². The molecule has 2 atom stereocenters. The highest BCUT2D eigenvalue weighted by Crippen LogP contribution is 2.41. The Kier molecular flexibility index (Phi) is 5.34. The van der Waals surface area contributed by atoms with Crippen LogP contribution in [0.1, 0.15) is 32.1 Å². The van der Waals surface area contributed by atoms with Gasteiger partial charge >= 0.3 is 0 Å². The zero-order valence-electron chi connectivity index (χ0n) is 12.8. The Morgan fingerprint density at radius 1 is 1.04 bits per heavy atom. The van der Waals surface area contributed by atoms with E-state index in [1.807, 2.05) is 0 Å². The van der Waals surface area contributed by atoms with Gasteiger partial charge in [-0.2, -0.15) is 0 Å². The maximum Gasteiger partial charge on any atom is 0.248 e. The second-order valence-corrected chi connectivity index (χ2v) is 7.51. The van der Waals surface area contributed by atoms with Crippen molar-refractivity contribution in [2.45, 2.75) is 44.1 Å². The van der Waals surface area contributed by atoms with Crippen molar-refractivity contribution in [2.75, 3.05) is 13.1 Å². The van der Waals surface area contributed by atoms with Crippen LogP contribution >= 0.6 is 23.2 Å². The van der Waals surface area contributed by atoms with Gasteiger partial charge in [0.15, 0.2) is 0 Å². The van der Waals surface area contributed by atoms with E-state index in [0.717, 1.165) is 19.5 Å². The van der Waals surface area contributed by atoms with Crippen molar-refractivity contribution in [1.82, 2.24) is 5.32 Å². The third-order valence-electron chi connectivity index (χ3n) is 4.90. The molecule has 3 rings (SSSR count). The van der Waals surface area contributed by atoms with Gasteiger partial charge in [-0.05, 0) is 49.9 Å². The Bertz CT molecular complexity index is 519. The summed E-state index contributed by atoms with van der Waals surface area (Å²) in [5.41, 5.74) is 0. The molecule has 128 valence electrons. The monoisotopic (exact) mass is 363 g/mol. The zero-order chi connectivity index (χ0) is 16.4. The van der Waals surface area contributed by atoms with Gasteiger partial charge in [0.2, 0.25) is 5.92 Å². The van der Waals surface area contributed by atoms with Gasteiger partial charge in [0.25, 0.3) is 0 Å². The highest BCUT2D eigenvalue weighted by molar-refractivity contribution is 6.34. The fraction of sp³-hybridized carbons (Fsp3) is 0.647. The van der Waals surface area contributed by atoms with Crippen LogP contribution in [0.3, 0.4) is 0 Å². The van der Waals surface area contributed by atoms with Crippen LogP contribution in [0, 0.1) is 11.8 Å². The predicted octanol–water partition coefficient (Wildman–Crippen LogP) is 5.18. The van der Waals surface area contributed by atoms with Crippen LogP contribution in [-0.4, -0.2) is 25.1 Å². The van der Waals surface area contributed by atoms with E-state index < -0.39 is 5.92 Å². The molecular weight excluding hydrogens is 343 g/mol. The first-order valence-electron chi connectivity index (χ1n) is 8.14. The summed E-state index contributed by atoms with van der Waals surface area (Å²) < 4.78 is 33.1. The van der Waals surface area contributed by atoms with E-state index in [4.69, 9.17) is 27.9 Å². The molecule has 0 bridgehead atoms. The molecule has 1 aliphatic carbocycles. The first-order valence-corrected chi connectivity index (χ1v) is 8.90. The Labute approximate surface area is 145 Å². The fourth-order valence-electron chi connectivity index (χ4n) is 3.68. The Morgan fingerprint density at radius 3 is 2.26 bits per heavy atom. The molecule has 2 unspecified atom stereocenters. The molecule has 1 saturated carbocycles. The highest BCUT2D eigenvalue weighted by atomic mass is 35.5. The number of hydrogen-bond acceptors (Lipinski definition) is 2. The van der Waals surface area contributed by atoms with E-state index in [9.17, 15) is 8.78 Å². The molecule has 1 aromatic carbocycles. The first kappa shape index (κ1) is 17.2. The minimum atomic E-state index is -2.52. The fourth-order valence-corrected chi connectivity index (χ4v) is 4.19. The molecule has 0 aromatic heterocycles. The summed E-state index contributed by atoms with van der Waals surface area (Å²) in [4.78, 5) is 0. The highest BCUT2D eigenvalue weighted by Gasteiger charge is 2.41. The zero-order valence-corrected chi connectivity index (χ0v) is 14.3. The summed E-state index contributed by atoms with van der Waals surface area (Å²) >= 11 is 12.1. The molecule has 1 aromatic rings. The minimum Gasteiger partial charge on any atom is -0.490 e. The van der Waals surface area contributed by atoms with Crippen LogP contribution in [0.25, 0.3) is 0 Å². The predicted molar refractivity (Wildman–Crippen MR) is 88.8 cm³/mol. The second kappa shape index (κ2) is 7.12. The molecule has 1 aliphatic heterocycles. The lowest BCUT2D eigenvalue weighted by molar-refractivity contribution is -0.0648. The maximum atomic E-state index is 13.5. The molecule has 23 heavy (non-hydrogen) atoms. The van der Waals surface area contributed by atoms with E-state index in [2.05, 4.69) is 5.32 Å². The largest absolute Gasteiger partial charge is 0.490 e. The summed E-state index contributed by atoms with van der Waals surface area (Å²) in [5, 5.41) is 4.38. The summed E-state index contributed by atoms with van der Waals surface area (Å²) in [6.07, 6.45) is 1.84. The van der Waals surface area contributed by atoms with Gasteiger partial charge in [0.1, 0.15) is 11.9 Å². The molecule has 2 fully saturated rings. The molecular formula is C17H21Cl2F2NO. The van der Waals surface area contributed by atoms with Crippen LogP contribution in [0.5, 0.6) is 5.75 Å². The molecule has 1 saturated heterocycles. The van der Waals surface area contributed by atoms with Crippen molar-refractivity contribution in [3.63, 3.8) is 0 Å². The Balaban J connectivity index is 1.75.